The summed E-state index contributed by atoms with van der Waals surface area (Å²) in [5, 5.41) is 0. The number of nitrogens with zero attached hydrogens (tertiary/aromatic N) is 2. The van der Waals surface area contributed by atoms with Gasteiger partial charge in [-0.1, -0.05) is 30.3 Å². The molecule has 2 aromatic rings. The Morgan fingerprint density at radius 3 is 2.69 bits per heavy atom. The van der Waals surface area contributed by atoms with Gasteiger partial charge in [-0.3, -0.25) is 0 Å². The molecule has 0 bridgehead atoms. The maximum atomic E-state index is 3.94. The molecule has 0 fully saturated rings. The SMILES string of the molecule is [c]1ncncc1Cc1ccccc1. The highest BCUT2D eigenvalue weighted by Crippen LogP contribution is 2.05. The molecule has 1 heterocycles. The van der Waals surface area contributed by atoms with E-state index < -0.39 is 0 Å². The lowest BCUT2D eigenvalue weighted by Gasteiger charge is -1.98. The van der Waals surface area contributed by atoms with Crippen LogP contribution in [0.1, 0.15) is 11.1 Å². The number of hydrogen-bond acceptors (Lipinski definition) is 2. The van der Waals surface area contributed by atoms with Crippen LogP contribution in [0.5, 0.6) is 0 Å². The van der Waals surface area contributed by atoms with Gasteiger partial charge in [0.25, 0.3) is 0 Å². The topological polar surface area (TPSA) is 25.8 Å². The van der Waals surface area contributed by atoms with E-state index in [-0.39, 0.29) is 0 Å². The summed E-state index contributed by atoms with van der Waals surface area (Å²) >= 11 is 0. The van der Waals surface area contributed by atoms with Crippen LogP contribution in [0.4, 0.5) is 0 Å². The Hall–Kier alpha value is -1.70. The molecule has 63 valence electrons. The standard InChI is InChI=1S/C11H9N2/c1-2-4-10(5-3-1)6-11-7-12-9-13-8-11/h1-5,7,9H,6H2. The fourth-order valence-electron chi connectivity index (χ4n) is 1.20. The van der Waals surface area contributed by atoms with Crippen molar-refractivity contribution in [2.75, 3.05) is 0 Å². The van der Waals surface area contributed by atoms with Crippen molar-refractivity contribution in [3.63, 3.8) is 0 Å². The van der Waals surface area contributed by atoms with E-state index in [9.17, 15) is 0 Å². The molecule has 0 atom stereocenters. The van der Waals surface area contributed by atoms with Crippen LogP contribution in [0, 0.1) is 6.20 Å². The molecule has 1 aromatic heterocycles. The van der Waals surface area contributed by atoms with Crippen LogP contribution in [-0.2, 0) is 6.42 Å². The van der Waals surface area contributed by atoms with E-state index in [1.807, 2.05) is 18.2 Å². The van der Waals surface area contributed by atoms with Crippen LogP contribution in [0.15, 0.2) is 42.9 Å². The van der Waals surface area contributed by atoms with Crippen molar-refractivity contribution < 1.29 is 0 Å². The minimum atomic E-state index is 0.849. The van der Waals surface area contributed by atoms with E-state index >= 15 is 0 Å². The Morgan fingerprint density at radius 1 is 1.15 bits per heavy atom. The maximum absolute atomic E-state index is 3.94. The molecule has 0 saturated heterocycles. The second-order valence-electron chi connectivity index (χ2n) is 2.82. The summed E-state index contributed by atoms with van der Waals surface area (Å²) in [6.45, 7) is 0. The highest BCUT2D eigenvalue weighted by Gasteiger charge is 1.94. The fraction of sp³-hybridized carbons (Fsp3) is 0.0909. The molecule has 0 N–H and O–H groups in total. The first-order chi connectivity index (χ1) is 6.45. The van der Waals surface area contributed by atoms with Crippen LogP contribution in [-0.4, -0.2) is 9.97 Å². The van der Waals surface area contributed by atoms with Crippen molar-refractivity contribution in [2.45, 2.75) is 6.42 Å². The highest BCUT2D eigenvalue weighted by atomic mass is 14.8. The van der Waals surface area contributed by atoms with Crippen molar-refractivity contribution in [2.24, 2.45) is 0 Å². The van der Waals surface area contributed by atoms with Crippen LogP contribution >= 0.6 is 0 Å². The van der Waals surface area contributed by atoms with E-state index in [1.54, 1.807) is 6.20 Å². The molecule has 0 unspecified atom stereocenters. The van der Waals surface area contributed by atoms with Crippen molar-refractivity contribution in [3.05, 3.63) is 60.2 Å². The van der Waals surface area contributed by atoms with Crippen molar-refractivity contribution in [3.8, 4) is 0 Å². The zero-order valence-corrected chi connectivity index (χ0v) is 7.14. The Kier molecular flexibility index (Phi) is 2.32. The third-order valence-corrected chi connectivity index (χ3v) is 1.80. The predicted molar refractivity (Wildman–Crippen MR) is 50.1 cm³/mol. The van der Waals surface area contributed by atoms with Crippen molar-refractivity contribution >= 4 is 0 Å². The first-order valence-corrected chi connectivity index (χ1v) is 4.15. The van der Waals surface area contributed by atoms with Gasteiger partial charge in [0.05, 0.1) is 6.20 Å². The molecule has 0 amide bonds. The van der Waals surface area contributed by atoms with Crippen molar-refractivity contribution in [1.29, 1.82) is 0 Å². The second-order valence-corrected chi connectivity index (χ2v) is 2.82. The molecular weight excluding hydrogens is 160 g/mol. The van der Waals surface area contributed by atoms with Gasteiger partial charge in [-0.05, 0) is 5.56 Å². The van der Waals surface area contributed by atoms with Gasteiger partial charge in [-0.2, -0.15) is 0 Å². The summed E-state index contributed by atoms with van der Waals surface area (Å²) in [6, 6.07) is 10.2. The van der Waals surface area contributed by atoms with Gasteiger partial charge in [0.1, 0.15) is 6.33 Å². The van der Waals surface area contributed by atoms with Gasteiger partial charge in [0.15, 0.2) is 0 Å². The largest absolute Gasteiger partial charge is 0.244 e. The van der Waals surface area contributed by atoms with Gasteiger partial charge in [0, 0.05) is 18.2 Å². The molecule has 0 spiro atoms. The molecule has 1 radical (unpaired) electrons. The van der Waals surface area contributed by atoms with E-state index in [2.05, 4.69) is 28.3 Å². The maximum Gasteiger partial charge on any atom is 0.116 e. The Bertz CT molecular complexity index is 319. The van der Waals surface area contributed by atoms with E-state index in [4.69, 9.17) is 0 Å². The third kappa shape index (κ3) is 2.12. The quantitative estimate of drug-likeness (QED) is 0.685. The summed E-state index contributed by atoms with van der Waals surface area (Å²) in [6.07, 6.45) is 7.04. The monoisotopic (exact) mass is 169 g/mol. The Labute approximate surface area is 77.3 Å². The summed E-state index contributed by atoms with van der Waals surface area (Å²) in [5.41, 5.74) is 2.28. The predicted octanol–water partition coefficient (Wildman–Crippen LogP) is 1.87. The molecule has 2 rings (SSSR count). The van der Waals surface area contributed by atoms with E-state index in [0.29, 0.717) is 0 Å². The molecule has 2 nitrogen and oxygen atoms in total. The Morgan fingerprint density at radius 2 is 2.00 bits per heavy atom. The fourth-order valence-corrected chi connectivity index (χ4v) is 1.20. The molecule has 0 aliphatic heterocycles. The average molecular weight is 169 g/mol. The summed E-state index contributed by atoms with van der Waals surface area (Å²) < 4.78 is 0. The van der Waals surface area contributed by atoms with Crippen LogP contribution in [0.3, 0.4) is 0 Å². The highest BCUT2D eigenvalue weighted by molar-refractivity contribution is 5.21. The number of hydrogen-bond donors (Lipinski definition) is 0. The zero-order chi connectivity index (χ0) is 8.93. The Balaban J connectivity index is 2.16. The number of aromatic nitrogens is 2. The smallest absolute Gasteiger partial charge is 0.116 e. The first-order valence-electron chi connectivity index (χ1n) is 4.15. The molecule has 1 aromatic carbocycles. The van der Waals surface area contributed by atoms with Gasteiger partial charge in [-0.15, -0.1) is 0 Å². The first kappa shape index (κ1) is 7.92. The molecule has 13 heavy (non-hydrogen) atoms. The van der Waals surface area contributed by atoms with Crippen LogP contribution in [0.2, 0.25) is 0 Å². The lowest BCUT2D eigenvalue weighted by Crippen LogP contribution is -1.89. The molecular formula is C11H9N2. The van der Waals surface area contributed by atoms with Crippen LogP contribution in [0.25, 0.3) is 0 Å². The summed E-state index contributed by atoms with van der Waals surface area (Å²) in [7, 11) is 0. The lowest BCUT2D eigenvalue weighted by atomic mass is 10.1. The summed E-state index contributed by atoms with van der Waals surface area (Å²) in [5.74, 6) is 0. The minimum Gasteiger partial charge on any atom is -0.244 e. The second kappa shape index (κ2) is 3.81. The van der Waals surface area contributed by atoms with Gasteiger partial charge >= 0.3 is 0 Å². The van der Waals surface area contributed by atoms with Gasteiger partial charge in [-0.25, -0.2) is 9.97 Å². The molecule has 0 saturated carbocycles. The number of rotatable bonds is 2. The van der Waals surface area contributed by atoms with Crippen LogP contribution < -0.4 is 0 Å². The molecule has 2 heteroatoms. The third-order valence-electron chi connectivity index (χ3n) is 1.80. The molecule has 0 aliphatic rings. The lowest BCUT2D eigenvalue weighted by molar-refractivity contribution is 1.06. The van der Waals surface area contributed by atoms with Crippen molar-refractivity contribution in [1.82, 2.24) is 9.97 Å². The van der Waals surface area contributed by atoms with Gasteiger partial charge in [0.2, 0.25) is 0 Å². The van der Waals surface area contributed by atoms with E-state index in [1.165, 1.54) is 11.9 Å². The minimum absolute atomic E-state index is 0.849. The zero-order valence-electron chi connectivity index (χ0n) is 7.14. The average Bonchev–Trinajstić information content (AvgIpc) is 2.21. The molecule has 0 aliphatic carbocycles. The summed E-state index contributed by atoms with van der Waals surface area (Å²) in [4.78, 5) is 7.78. The van der Waals surface area contributed by atoms with Gasteiger partial charge < -0.3 is 0 Å². The van der Waals surface area contributed by atoms with E-state index in [0.717, 1.165) is 12.0 Å². The normalized spacial score (nSPS) is 9.85. The number of benzene rings is 1.